The third kappa shape index (κ3) is 5.35. The number of rotatable bonds is 6. The van der Waals surface area contributed by atoms with Gasteiger partial charge in [-0.05, 0) is 30.7 Å². The number of nitrogens with one attached hydrogen (secondary N) is 1. The Morgan fingerprint density at radius 2 is 1.88 bits per heavy atom. The van der Waals surface area contributed by atoms with Gasteiger partial charge in [-0.15, -0.1) is 12.4 Å². The zero-order valence-corrected chi connectivity index (χ0v) is 10.3. The van der Waals surface area contributed by atoms with Gasteiger partial charge >= 0.3 is 0 Å². The van der Waals surface area contributed by atoms with Crippen LogP contribution in [-0.4, -0.2) is 23.3 Å². The second-order valence-electron chi connectivity index (χ2n) is 3.67. The van der Waals surface area contributed by atoms with Crippen molar-refractivity contribution in [3.05, 3.63) is 29.8 Å². The van der Waals surface area contributed by atoms with Gasteiger partial charge in [0.25, 0.3) is 0 Å². The lowest BCUT2D eigenvalue weighted by Gasteiger charge is -2.11. The Bertz CT molecular complexity index is 277. The molecule has 92 valence electrons. The predicted octanol–water partition coefficient (Wildman–Crippen LogP) is 2.24. The van der Waals surface area contributed by atoms with Gasteiger partial charge in [0.1, 0.15) is 5.75 Å². The number of benzene rings is 1. The van der Waals surface area contributed by atoms with Crippen LogP contribution in [0.5, 0.6) is 5.75 Å². The van der Waals surface area contributed by atoms with Gasteiger partial charge in [-0.2, -0.15) is 0 Å². The van der Waals surface area contributed by atoms with E-state index in [9.17, 15) is 5.11 Å². The summed E-state index contributed by atoms with van der Waals surface area (Å²) in [6, 6.07) is 6.65. The van der Waals surface area contributed by atoms with Crippen LogP contribution in [0.3, 0.4) is 0 Å². The first-order chi connectivity index (χ1) is 7.24. The fourth-order valence-corrected chi connectivity index (χ4v) is 1.35. The van der Waals surface area contributed by atoms with Gasteiger partial charge < -0.3 is 15.5 Å². The third-order valence-electron chi connectivity index (χ3n) is 2.32. The molecular formula is C12H20ClNO2. The minimum atomic E-state index is -0.498. The van der Waals surface area contributed by atoms with Crippen molar-refractivity contribution in [2.75, 3.05) is 13.1 Å². The zero-order chi connectivity index (χ0) is 11.1. The number of phenolic OH excluding ortho intramolecular Hbond substituents is 1. The number of unbranched alkanes of at least 4 members (excludes halogenated alkanes) is 1. The van der Waals surface area contributed by atoms with Crippen LogP contribution < -0.4 is 5.32 Å². The maximum absolute atomic E-state index is 9.77. The van der Waals surface area contributed by atoms with Crippen molar-refractivity contribution in [1.82, 2.24) is 5.32 Å². The Morgan fingerprint density at radius 1 is 1.25 bits per heavy atom. The Labute approximate surface area is 103 Å². The maximum Gasteiger partial charge on any atom is 0.115 e. The molecule has 0 spiro atoms. The molecular weight excluding hydrogens is 226 g/mol. The summed E-state index contributed by atoms with van der Waals surface area (Å²) in [6.07, 6.45) is 1.78. The van der Waals surface area contributed by atoms with Crippen molar-refractivity contribution in [2.45, 2.75) is 25.9 Å². The maximum atomic E-state index is 9.77. The van der Waals surface area contributed by atoms with Gasteiger partial charge in [0.2, 0.25) is 0 Å². The van der Waals surface area contributed by atoms with Crippen LogP contribution in [0.25, 0.3) is 0 Å². The zero-order valence-electron chi connectivity index (χ0n) is 9.52. The van der Waals surface area contributed by atoms with Crippen molar-refractivity contribution in [1.29, 1.82) is 0 Å². The summed E-state index contributed by atoms with van der Waals surface area (Å²) < 4.78 is 0. The highest BCUT2D eigenvalue weighted by atomic mass is 35.5. The number of aliphatic hydroxyl groups excluding tert-OH is 1. The molecule has 0 aliphatic carbocycles. The van der Waals surface area contributed by atoms with Crippen molar-refractivity contribution >= 4 is 12.4 Å². The van der Waals surface area contributed by atoms with Crippen LogP contribution >= 0.6 is 12.4 Å². The Morgan fingerprint density at radius 3 is 2.44 bits per heavy atom. The van der Waals surface area contributed by atoms with E-state index in [0.29, 0.717) is 6.54 Å². The lowest BCUT2D eigenvalue weighted by atomic mass is 10.1. The summed E-state index contributed by atoms with van der Waals surface area (Å²) in [4.78, 5) is 0. The Hall–Kier alpha value is -0.770. The first kappa shape index (κ1) is 15.2. The molecule has 0 bridgehead atoms. The molecule has 3 nitrogen and oxygen atoms in total. The number of phenols is 1. The van der Waals surface area contributed by atoms with E-state index in [1.807, 2.05) is 0 Å². The lowest BCUT2D eigenvalue weighted by Crippen LogP contribution is -2.22. The van der Waals surface area contributed by atoms with Crippen LogP contribution in [0.1, 0.15) is 31.4 Å². The molecule has 1 atom stereocenters. The van der Waals surface area contributed by atoms with E-state index in [2.05, 4.69) is 12.2 Å². The average molecular weight is 246 g/mol. The largest absolute Gasteiger partial charge is 0.508 e. The van der Waals surface area contributed by atoms with Crippen LogP contribution in [0.2, 0.25) is 0 Å². The second-order valence-corrected chi connectivity index (χ2v) is 3.67. The van der Waals surface area contributed by atoms with Crippen molar-refractivity contribution in [2.24, 2.45) is 0 Å². The molecule has 0 saturated heterocycles. The molecule has 1 aromatic rings. The molecule has 16 heavy (non-hydrogen) atoms. The molecule has 3 N–H and O–H groups in total. The third-order valence-corrected chi connectivity index (χ3v) is 2.32. The Balaban J connectivity index is 0.00000225. The minimum absolute atomic E-state index is 0. The van der Waals surface area contributed by atoms with Crippen LogP contribution in [0.15, 0.2) is 24.3 Å². The molecule has 0 aliphatic heterocycles. The molecule has 0 unspecified atom stereocenters. The molecule has 0 aromatic heterocycles. The van der Waals surface area contributed by atoms with Gasteiger partial charge in [0.15, 0.2) is 0 Å². The fraction of sp³-hybridized carbons (Fsp3) is 0.500. The van der Waals surface area contributed by atoms with E-state index in [0.717, 1.165) is 24.9 Å². The van der Waals surface area contributed by atoms with Crippen LogP contribution in [0.4, 0.5) is 0 Å². The molecule has 1 rings (SSSR count). The number of hydrogen-bond acceptors (Lipinski definition) is 3. The van der Waals surface area contributed by atoms with E-state index in [4.69, 9.17) is 5.11 Å². The number of aromatic hydroxyl groups is 1. The molecule has 4 heteroatoms. The highest BCUT2D eigenvalue weighted by molar-refractivity contribution is 5.85. The van der Waals surface area contributed by atoms with E-state index >= 15 is 0 Å². The summed E-state index contributed by atoms with van der Waals surface area (Å²) in [6.45, 7) is 3.63. The summed E-state index contributed by atoms with van der Waals surface area (Å²) in [5.74, 6) is 0.227. The van der Waals surface area contributed by atoms with Crippen molar-refractivity contribution in [3.63, 3.8) is 0 Å². The molecule has 1 aromatic carbocycles. The second kappa shape index (κ2) is 8.39. The summed E-state index contributed by atoms with van der Waals surface area (Å²) in [5, 5.41) is 22.0. The standard InChI is InChI=1S/C12H19NO2.ClH/c1-2-3-8-13-9-12(15)10-4-6-11(14)7-5-10;/h4-7,12-15H,2-3,8-9H2,1H3;1H/t12-;/m0./s1. The summed E-state index contributed by atoms with van der Waals surface area (Å²) in [7, 11) is 0. The van der Waals surface area contributed by atoms with E-state index in [-0.39, 0.29) is 18.2 Å². The number of halogens is 1. The predicted molar refractivity (Wildman–Crippen MR) is 68.1 cm³/mol. The van der Waals surface area contributed by atoms with Crippen molar-refractivity contribution < 1.29 is 10.2 Å². The smallest absolute Gasteiger partial charge is 0.115 e. The monoisotopic (exact) mass is 245 g/mol. The van der Waals surface area contributed by atoms with E-state index in [1.54, 1.807) is 24.3 Å². The SMILES string of the molecule is CCCCNC[C@H](O)c1ccc(O)cc1.Cl. The molecule has 0 saturated carbocycles. The van der Waals surface area contributed by atoms with Crippen LogP contribution in [-0.2, 0) is 0 Å². The fourth-order valence-electron chi connectivity index (χ4n) is 1.35. The Kier molecular flexibility index (Phi) is 7.99. The van der Waals surface area contributed by atoms with E-state index in [1.165, 1.54) is 0 Å². The molecule has 0 radical (unpaired) electrons. The highest BCUT2D eigenvalue weighted by Crippen LogP contribution is 2.15. The highest BCUT2D eigenvalue weighted by Gasteiger charge is 2.05. The van der Waals surface area contributed by atoms with Gasteiger partial charge in [0.05, 0.1) is 6.10 Å². The van der Waals surface area contributed by atoms with Gasteiger partial charge in [-0.1, -0.05) is 25.5 Å². The number of aliphatic hydroxyl groups is 1. The summed E-state index contributed by atoms with van der Waals surface area (Å²) >= 11 is 0. The topological polar surface area (TPSA) is 52.5 Å². The average Bonchev–Trinajstić information content (AvgIpc) is 2.25. The van der Waals surface area contributed by atoms with Gasteiger partial charge in [0, 0.05) is 6.54 Å². The number of hydrogen-bond donors (Lipinski definition) is 3. The first-order valence-electron chi connectivity index (χ1n) is 5.41. The lowest BCUT2D eigenvalue weighted by molar-refractivity contribution is 0.174. The van der Waals surface area contributed by atoms with Gasteiger partial charge in [-0.25, -0.2) is 0 Å². The van der Waals surface area contributed by atoms with Crippen molar-refractivity contribution in [3.8, 4) is 5.75 Å². The quantitative estimate of drug-likeness (QED) is 0.674. The van der Waals surface area contributed by atoms with Gasteiger partial charge in [-0.3, -0.25) is 0 Å². The van der Waals surface area contributed by atoms with Crippen LogP contribution in [0, 0.1) is 0 Å². The molecule has 0 heterocycles. The first-order valence-corrected chi connectivity index (χ1v) is 5.41. The molecule has 0 aliphatic rings. The molecule has 0 amide bonds. The summed E-state index contributed by atoms with van der Waals surface area (Å²) in [5.41, 5.74) is 0.830. The normalized spacial score (nSPS) is 11.9. The minimum Gasteiger partial charge on any atom is -0.508 e. The molecule has 0 fully saturated rings. The van der Waals surface area contributed by atoms with E-state index < -0.39 is 6.10 Å².